The fraction of sp³-hybridized carbons (Fsp3) is 0.375. The number of benzene rings is 3. The van der Waals surface area contributed by atoms with E-state index < -0.39 is 28.5 Å². The lowest BCUT2D eigenvalue weighted by atomic mass is 10.1. The SMILES string of the molecule is COc1ccc(CN(C(=O)CN(c2cccc(C)c2C)S(=O)(=O)c2ccccc2)C(C)C(=O)NC2CCCC2)cc1. The molecular weight excluding hydrogens is 538 g/mol. The summed E-state index contributed by atoms with van der Waals surface area (Å²) in [5, 5.41) is 3.09. The van der Waals surface area contributed by atoms with Gasteiger partial charge in [0.15, 0.2) is 0 Å². The maximum atomic E-state index is 14.1. The van der Waals surface area contributed by atoms with E-state index in [2.05, 4.69) is 5.32 Å². The van der Waals surface area contributed by atoms with Crippen LogP contribution in [0.3, 0.4) is 0 Å². The van der Waals surface area contributed by atoms with E-state index in [1.54, 1.807) is 56.5 Å². The Morgan fingerprint density at radius 1 is 0.951 bits per heavy atom. The van der Waals surface area contributed by atoms with E-state index in [1.807, 2.05) is 32.0 Å². The van der Waals surface area contributed by atoms with Gasteiger partial charge >= 0.3 is 0 Å². The molecule has 0 aromatic heterocycles. The zero-order valence-electron chi connectivity index (χ0n) is 24.2. The van der Waals surface area contributed by atoms with Crippen LogP contribution in [0.4, 0.5) is 5.69 Å². The number of anilines is 1. The van der Waals surface area contributed by atoms with Crippen molar-refractivity contribution in [1.29, 1.82) is 0 Å². The number of hydrogen-bond donors (Lipinski definition) is 1. The molecule has 0 spiro atoms. The van der Waals surface area contributed by atoms with Crippen molar-refractivity contribution in [2.45, 2.75) is 70.0 Å². The number of methoxy groups -OCH3 is 1. The Balaban J connectivity index is 1.70. The van der Waals surface area contributed by atoms with Crippen LogP contribution in [0.15, 0.2) is 77.7 Å². The summed E-state index contributed by atoms with van der Waals surface area (Å²) in [4.78, 5) is 29.0. The Kier molecular flexibility index (Phi) is 9.70. The summed E-state index contributed by atoms with van der Waals surface area (Å²) in [6.07, 6.45) is 3.97. The van der Waals surface area contributed by atoms with Gasteiger partial charge in [-0.15, -0.1) is 0 Å². The smallest absolute Gasteiger partial charge is 0.264 e. The zero-order valence-corrected chi connectivity index (χ0v) is 25.0. The Bertz CT molecular complexity index is 1450. The molecule has 8 nitrogen and oxygen atoms in total. The number of rotatable bonds is 11. The molecule has 1 fully saturated rings. The highest BCUT2D eigenvalue weighted by Crippen LogP contribution is 2.29. The second kappa shape index (κ2) is 13.2. The molecule has 4 rings (SSSR count). The van der Waals surface area contributed by atoms with Crippen molar-refractivity contribution in [1.82, 2.24) is 10.2 Å². The number of hydrogen-bond acceptors (Lipinski definition) is 5. The molecule has 1 aliphatic carbocycles. The van der Waals surface area contributed by atoms with Crippen LogP contribution in [0, 0.1) is 13.8 Å². The number of nitrogens with one attached hydrogen (secondary N) is 1. The molecule has 3 aromatic carbocycles. The number of sulfonamides is 1. The topological polar surface area (TPSA) is 96.0 Å². The van der Waals surface area contributed by atoms with E-state index in [-0.39, 0.29) is 23.4 Å². The van der Waals surface area contributed by atoms with Crippen LogP contribution in [-0.4, -0.2) is 50.9 Å². The lowest BCUT2D eigenvalue weighted by Crippen LogP contribution is -2.52. The summed E-state index contributed by atoms with van der Waals surface area (Å²) in [5.41, 5.74) is 2.88. The van der Waals surface area contributed by atoms with E-state index in [0.717, 1.165) is 46.7 Å². The van der Waals surface area contributed by atoms with Gasteiger partial charge in [-0.25, -0.2) is 8.42 Å². The van der Waals surface area contributed by atoms with Crippen LogP contribution >= 0.6 is 0 Å². The average molecular weight is 578 g/mol. The molecule has 1 saturated carbocycles. The quantitative estimate of drug-likeness (QED) is 0.347. The molecule has 3 aromatic rings. The Labute approximate surface area is 243 Å². The Morgan fingerprint density at radius 2 is 1.61 bits per heavy atom. The largest absolute Gasteiger partial charge is 0.497 e. The molecular formula is C32H39N3O5S. The Hall–Kier alpha value is -3.85. The molecule has 41 heavy (non-hydrogen) atoms. The number of ether oxygens (including phenoxy) is 1. The average Bonchev–Trinajstić information content (AvgIpc) is 3.49. The summed E-state index contributed by atoms with van der Waals surface area (Å²) < 4.78 is 34.4. The molecule has 0 saturated heterocycles. The van der Waals surface area contributed by atoms with Gasteiger partial charge in [0, 0.05) is 12.6 Å². The maximum Gasteiger partial charge on any atom is 0.264 e. The standard InChI is InChI=1S/C32H39N3O5S/c1-23-11-10-16-30(24(23)2)35(41(38,39)29-14-6-5-7-15-29)22-31(36)34(21-26-17-19-28(40-4)20-18-26)25(3)32(37)33-27-12-8-9-13-27/h5-7,10-11,14-20,25,27H,8-9,12-13,21-22H2,1-4H3,(H,33,37). The zero-order chi connectivity index (χ0) is 29.6. The van der Waals surface area contributed by atoms with E-state index in [0.29, 0.717) is 11.4 Å². The Morgan fingerprint density at radius 3 is 2.24 bits per heavy atom. The number of aryl methyl sites for hydroxylation is 1. The van der Waals surface area contributed by atoms with Crippen molar-refractivity contribution in [3.05, 3.63) is 89.5 Å². The second-order valence-electron chi connectivity index (χ2n) is 10.6. The van der Waals surface area contributed by atoms with Crippen LogP contribution < -0.4 is 14.4 Å². The highest BCUT2D eigenvalue weighted by atomic mass is 32.2. The van der Waals surface area contributed by atoms with Gasteiger partial charge in [-0.2, -0.15) is 0 Å². The molecule has 218 valence electrons. The molecule has 2 amide bonds. The third-order valence-electron chi connectivity index (χ3n) is 7.84. The molecule has 0 radical (unpaired) electrons. The van der Waals surface area contributed by atoms with Gasteiger partial charge in [-0.1, -0.05) is 55.3 Å². The number of carbonyl (C=O) groups is 2. The van der Waals surface area contributed by atoms with E-state index in [9.17, 15) is 18.0 Å². The fourth-order valence-corrected chi connectivity index (χ4v) is 6.63. The molecule has 1 N–H and O–H groups in total. The summed E-state index contributed by atoms with van der Waals surface area (Å²) in [6, 6.07) is 20.0. The van der Waals surface area contributed by atoms with Crippen molar-refractivity contribution in [2.24, 2.45) is 0 Å². The predicted molar refractivity (Wildman–Crippen MR) is 160 cm³/mol. The first-order valence-electron chi connectivity index (χ1n) is 14.0. The van der Waals surface area contributed by atoms with Crippen molar-refractivity contribution >= 4 is 27.5 Å². The van der Waals surface area contributed by atoms with Crippen molar-refractivity contribution in [3.63, 3.8) is 0 Å². The minimum atomic E-state index is -4.10. The van der Waals surface area contributed by atoms with Crippen molar-refractivity contribution in [2.75, 3.05) is 18.0 Å². The van der Waals surface area contributed by atoms with Gasteiger partial charge in [0.25, 0.3) is 10.0 Å². The molecule has 0 bridgehead atoms. The third kappa shape index (κ3) is 7.08. The first-order chi connectivity index (χ1) is 19.6. The normalized spacial score (nSPS) is 14.3. The van der Waals surface area contributed by atoms with Crippen molar-refractivity contribution < 1.29 is 22.7 Å². The lowest BCUT2D eigenvalue weighted by molar-refractivity contribution is -0.139. The van der Waals surface area contributed by atoms with Crippen LogP contribution in [0.5, 0.6) is 5.75 Å². The van der Waals surface area contributed by atoms with Crippen LogP contribution in [0.25, 0.3) is 0 Å². The number of nitrogens with zero attached hydrogens (tertiary/aromatic N) is 2. The lowest BCUT2D eigenvalue weighted by Gasteiger charge is -2.33. The van der Waals surface area contributed by atoms with Crippen LogP contribution in [0.2, 0.25) is 0 Å². The summed E-state index contributed by atoms with van der Waals surface area (Å²) in [5.74, 6) is -0.0491. The first-order valence-corrected chi connectivity index (χ1v) is 15.4. The van der Waals surface area contributed by atoms with E-state index in [1.165, 1.54) is 17.0 Å². The summed E-state index contributed by atoms with van der Waals surface area (Å²) >= 11 is 0. The molecule has 0 aliphatic heterocycles. The van der Waals surface area contributed by atoms with Crippen LogP contribution in [-0.2, 0) is 26.2 Å². The van der Waals surface area contributed by atoms with Gasteiger partial charge in [-0.3, -0.25) is 13.9 Å². The maximum absolute atomic E-state index is 14.1. The highest BCUT2D eigenvalue weighted by molar-refractivity contribution is 7.92. The summed E-state index contributed by atoms with van der Waals surface area (Å²) in [7, 11) is -2.52. The fourth-order valence-electron chi connectivity index (χ4n) is 5.14. The van der Waals surface area contributed by atoms with Gasteiger partial charge < -0.3 is 15.0 Å². The predicted octanol–water partition coefficient (Wildman–Crippen LogP) is 4.98. The van der Waals surface area contributed by atoms with Gasteiger partial charge in [-0.05, 0) is 80.6 Å². The second-order valence-corrected chi connectivity index (χ2v) is 12.4. The summed E-state index contributed by atoms with van der Waals surface area (Å²) in [6.45, 7) is 5.11. The number of amides is 2. The monoisotopic (exact) mass is 577 g/mol. The van der Waals surface area contributed by atoms with Gasteiger partial charge in [0.05, 0.1) is 17.7 Å². The highest BCUT2D eigenvalue weighted by Gasteiger charge is 2.34. The third-order valence-corrected chi connectivity index (χ3v) is 9.61. The van der Waals surface area contributed by atoms with Gasteiger partial charge in [0.1, 0.15) is 18.3 Å². The molecule has 9 heteroatoms. The molecule has 1 unspecified atom stereocenters. The van der Waals surface area contributed by atoms with Crippen LogP contribution in [0.1, 0.15) is 49.3 Å². The minimum absolute atomic E-state index is 0.0856. The first kappa shape index (κ1) is 30.1. The molecule has 0 heterocycles. The van der Waals surface area contributed by atoms with Gasteiger partial charge in [0.2, 0.25) is 11.8 Å². The van der Waals surface area contributed by atoms with E-state index >= 15 is 0 Å². The number of carbonyl (C=O) groups excluding carboxylic acids is 2. The molecule has 1 aliphatic rings. The van der Waals surface area contributed by atoms with Crippen molar-refractivity contribution in [3.8, 4) is 5.75 Å². The molecule has 1 atom stereocenters. The van der Waals surface area contributed by atoms with E-state index in [4.69, 9.17) is 4.74 Å². The minimum Gasteiger partial charge on any atom is -0.497 e.